The first-order valence-corrected chi connectivity index (χ1v) is 6.65. The molecule has 1 atom stereocenters. The quantitative estimate of drug-likeness (QED) is 0.810. The lowest BCUT2D eigenvalue weighted by molar-refractivity contribution is 0.00363. The zero-order chi connectivity index (χ0) is 13.0. The monoisotopic (exact) mass is 266 g/mol. The Morgan fingerprint density at radius 2 is 2.56 bits per heavy atom. The highest BCUT2D eigenvalue weighted by Crippen LogP contribution is 2.17. The van der Waals surface area contributed by atoms with Crippen molar-refractivity contribution in [1.29, 1.82) is 5.26 Å². The van der Waals surface area contributed by atoms with E-state index in [4.69, 9.17) is 10.00 Å². The number of morpholine rings is 1. The lowest BCUT2D eigenvalue weighted by Gasteiger charge is -2.29. The molecule has 96 valence electrons. The van der Waals surface area contributed by atoms with Crippen molar-refractivity contribution in [3.05, 3.63) is 10.6 Å². The average molecular weight is 266 g/mol. The lowest BCUT2D eigenvalue weighted by Crippen LogP contribution is -2.45. The second-order valence-electron chi connectivity index (χ2n) is 4.04. The minimum Gasteiger partial charge on any atom is -0.360 e. The van der Waals surface area contributed by atoms with Crippen molar-refractivity contribution < 1.29 is 9.53 Å². The highest BCUT2D eigenvalue weighted by atomic mass is 32.1. The number of rotatable bonds is 3. The summed E-state index contributed by atoms with van der Waals surface area (Å²) in [7, 11) is 0. The Hall–Kier alpha value is -1.52. The van der Waals surface area contributed by atoms with Crippen molar-refractivity contribution in [1.82, 2.24) is 14.5 Å². The van der Waals surface area contributed by atoms with Gasteiger partial charge in [0.05, 0.1) is 24.9 Å². The van der Waals surface area contributed by atoms with E-state index in [0.29, 0.717) is 24.6 Å². The van der Waals surface area contributed by atoms with Gasteiger partial charge in [0.2, 0.25) is 0 Å². The third kappa shape index (κ3) is 2.66. The van der Waals surface area contributed by atoms with Crippen LogP contribution in [0.4, 0.5) is 0 Å². The largest absolute Gasteiger partial charge is 0.360 e. The Balaban J connectivity index is 2.10. The van der Waals surface area contributed by atoms with E-state index < -0.39 is 6.10 Å². The molecule has 1 aromatic heterocycles. The number of amides is 1. The summed E-state index contributed by atoms with van der Waals surface area (Å²) in [5.74, 6) is -0.0861. The minimum atomic E-state index is -0.529. The average Bonchev–Trinajstić information content (AvgIpc) is 2.86. The van der Waals surface area contributed by atoms with Crippen LogP contribution in [0, 0.1) is 11.3 Å². The first kappa shape index (κ1) is 12.9. The molecule has 0 aromatic carbocycles. The van der Waals surface area contributed by atoms with Gasteiger partial charge in [0.1, 0.15) is 4.88 Å². The molecule has 0 spiro atoms. The van der Waals surface area contributed by atoms with E-state index in [0.717, 1.165) is 30.1 Å². The van der Waals surface area contributed by atoms with Crippen molar-refractivity contribution in [2.24, 2.45) is 0 Å². The number of carbonyl (C=O) groups is 1. The molecule has 1 saturated heterocycles. The first-order chi connectivity index (χ1) is 8.76. The standard InChI is InChI=1S/C11H14N4O2S/c1-2-3-9-10(18-14-13-9)11(16)15-4-5-17-8(6-12)7-15/h8H,2-5,7H2,1H3. The molecule has 0 saturated carbocycles. The van der Waals surface area contributed by atoms with Crippen molar-refractivity contribution >= 4 is 17.4 Å². The van der Waals surface area contributed by atoms with Crippen LogP contribution in [0.1, 0.15) is 28.7 Å². The van der Waals surface area contributed by atoms with Crippen LogP contribution in [0.3, 0.4) is 0 Å². The molecular weight excluding hydrogens is 252 g/mol. The number of hydrogen-bond donors (Lipinski definition) is 0. The summed E-state index contributed by atoms with van der Waals surface area (Å²) in [5.41, 5.74) is 0.757. The van der Waals surface area contributed by atoms with Crippen LogP contribution in [-0.2, 0) is 11.2 Å². The fourth-order valence-electron chi connectivity index (χ4n) is 1.83. The van der Waals surface area contributed by atoms with Crippen LogP contribution in [0.2, 0.25) is 0 Å². The fraction of sp³-hybridized carbons (Fsp3) is 0.636. The minimum absolute atomic E-state index is 0.0861. The predicted molar refractivity (Wildman–Crippen MR) is 65.2 cm³/mol. The number of aryl methyl sites for hydroxylation is 1. The molecule has 1 aromatic rings. The van der Waals surface area contributed by atoms with Gasteiger partial charge in [-0.2, -0.15) is 5.26 Å². The molecule has 2 rings (SSSR count). The maximum Gasteiger partial charge on any atom is 0.267 e. The second-order valence-corrected chi connectivity index (χ2v) is 4.79. The maximum atomic E-state index is 12.3. The fourth-order valence-corrected chi connectivity index (χ4v) is 2.50. The molecule has 1 unspecified atom stereocenters. The summed E-state index contributed by atoms with van der Waals surface area (Å²) in [6.45, 7) is 3.27. The van der Waals surface area contributed by atoms with Gasteiger partial charge in [-0.15, -0.1) is 5.10 Å². The number of aromatic nitrogens is 2. The third-order valence-electron chi connectivity index (χ3n) is 2.73. The summed E-state index contributed by atoms with van der Waals surface area (Å²) in [6, 6.07) is 2.03. The molecule has 7 heteroatoms. The molecule has 1 aliphatic heterocycles. The number of carbonyl (C=O) groups excluding carboxylic acids is 1. The molecule has 18 heavy (non-hydrogen) atoms. The lowest BCUT2D eigenvalue weighted by atomic mass is 10.2. The van der Waals surface area contributed by atoms with E-state index >= 15 is 0 Å². The highest BCUT2D eigenvalue weighted by Gasteiger charge is 2.27. The molecule has 1 fully saturated rings. The SMILES string of the molecule is CCCc1nnsc1C(=O)N1CCOC(C#N)C1. The van der Waals surface area contributed by atoms with E-state index in [1.165, 1.54) is 0 Å². The molecule has 0 N–H and O–H groups in total. The van der Waals surface area contributed by atoms with Gasteiger partial charge >= 0.3 is 0 Å². The molecule has 2 heterocycles. The molecule has 0 aliphatic carbocycles. The summed E-state index contributed by atoms with van der Waals surface area (Å²) in [5, 5.41) is 12.8. The van der Waals surface area contributed by atoms with Gasteiger partial charge in [-0.1, -0.05) is 17.8 Å². The molecule has 1 aliphatic rings. The van der Waals surface area contributed by atoms with Crippen LogP contribution in [0.25, 0.3) is 0 Å². The van der Waals surface area contributed by atoms with Gasteiger partial charge in [0.25, 0.3) is 5.91 Å². The Morgan fingerprint density at radius 1 is 1.72 bits per heavy atom. The summed E-state index contributed by atoms with van der Waals surface area (Å²) < 4.78 is 9.06. The Morgan fingerprint density at radius 3 is 3.28 bits per heavy atom. The molecule has 6 nitrogen and oxygen atoms in total. The topological polar surface area (TPSA) is 79.1 Å². The number of hydrogen-bond acceptors (Lipinski definition) is 6. The van der Waals surface area contributed by atoms with E-state index in [1.807, 2.05) is 13.0 Å². The Labute approximate surface area is 109 Å². The number of nitrogens with zero attached hydrogens (tertiary/aromatic N) is 4. The molecular formula is C11H14N4O2S. The zero-order valence-corrected chi connectivity index (χ0v) is 10.9. The van der Waals surface area contributed by atoms with Gasteiger partial charge in [-0.3, -0.25) is 4.79 Å². The second kappa shape index (κ2) is 5.89. The van der Waals surface area contributed by atoms with Crippen molar-refractivity contribution in [3.63, 3.8) is 0 Å². The predicted octanol–water partition coefficient (Wildman–Crippen LogP) is 0.855. The van der Waals surface area contributed by atoms with Crippen molar-refractivity contribution in [3.8, 4) is 6.07 Å². The van der Waals surface area contributed by atoms with Crippen LogP contribution in [0.5, 0.6) is 0 Å². The van der Waals surface area contributed by atoms with E-state index in [-0.39, 0.29) is 5.91 Å². The highest BCUT2D eigenvalue weighted by molar-refractivity contribution is 7.08. The van der Waals surface area contributed by atoms with Crippen molar-refractivity contribution in [2.45, 2.75) is 25.9 Å². The van der Waals surface area contributed by atoms with Crippen LogP contribution in [0.15, 0.2) is 0 Å². The molecule has 0 radical (unpaired) electrons. The smallest absolute Gasteiger partial charge is 0.267 e. The van der Waals surface area contributed by atoms with E-state index in [2.05, 4.69) is 9.59 Å². The van der Waals surface area contributed by atoms with Gasteiger partial charge in [0, 0.05) is 6.54 Å². The van der Waals surface area contributed by atoms with Gasteiger partial charge in [0.15, 0.2) is 6.10 Å². The van der Waals surface area contributed by atoms with Crippen LogP contribution < -0.4 is 0 Å². The van der Waals surface area contributed by atoms with Crippen LogP contribution in [-0.4, -0.2) is 46.2 Å². The maximum absolute atomic E-state index is 12.3. The first-order valence-electron chi connectivity index (χ1n) is 5.88. The Kier molecular flexibility index (Phi) is 4.23. The van der Waals surface area contributed by atoms with Gasteiger partial charge in [-0.05, 0) is 18.0 Å². The van der Waals surface area contributed by atoms with E-state index in [9.17, 15) is 4.79 Å². The summed E-state index contributed by atoms with van der Waals surface area (Å²) in [4.78, 5) is 14.5. The van der Waals surface area contributed by atoms with Crippen LogP contribution >= 0.6 is 11.5 Å². The third-order valence-corrected chi connectivity index (χ3v) is 3.49. The Bertz CT molecular complexity index is 468. The molecule has 0 bridgehead atoms. The normalized spacial score (nSPS) is 19.6. The van der Waals surface area contributed by atoms with E-state index in [1.54, 1.807) is 4.90 Å². The number of ether oxygens (including phenoxy) is 1. The van der Waals surface area contributed by atoms with Gasteiger partial charge in [-0.25, -0.2) is 0 Å². The number of nitriles is 1. The summed E-state index contributed by atoms with van der Waals surface area (Å²) in [6.07, 6.45) is 1.15. The summed E-state index contributed by atoms with van der Waals surface area (Å²) >= 11 is 1.12. The van der Waals surface area contributed by atoms with Gasteiger partial charge < -0.3 is 9.64 Å². The van der Waals surface area contributed by atoms with Crippen molar-refractivity contribution in [2.75, 3.05) is 19.7 Å². The molecule has 1 amide bonds. The zero-order valence-electron chi connectivity index (χ0n) is 10.1.